The lowest BCUT2D eigenvalue weighted by Crippen LogP contribution is -2.36. The van der Waals surface area contributed by atoms with Gasteiger partial charge in [0.25, 0.3) is 5.91 Å². The number of rotatable bonds is 7. The molecule has 0 unspecified atom stereocenters. The van der Waals surface area contributed by atoms with Crippen molar-refractivity contribution in [3.63, 3.8) is 0 Å². The molecule has 0 spiro atoms. The number of amides is 1. The molecule has 35 heavy (non-hydrogen) atoms. The lowest BCUT2D eigenvalue weighted by atomic mass is 9.93. The smallest absolute Gasteiger partial charge is 0.325 e. The van der Waals surface area contributed by atoms with Gasteiger partial charge in [-0.15, -0.1) is 11.3 Å². The molecule has 2 heterocycles. The predicted octanol–water partition coefficient (Wildman–Crippen LogP) is 5.96. The van der Waals surface area contributed by atoms with Crippen LogP contribution in [0.15, 0.2) is 35.5 Å². The van der Waals surface area contributed by atoms with Gasteiger partial charge in [-0.05, 0) is 57.1 Å². The number of hydrogen-bond donors (Lipinski definition) is 1. The molecule has 0 bridgehead atoms. The normalized spacial score (nSPS) is 16.5. The average Bonchev–Trinajstić information content (AvgIpc) is 3.41. The Kier molecular flexibility index (Phi) is 7.32. The number of hydrogen-bond acceptors (Lipinski definition) is 5. The van der Waals surface area contributed by atoms with Gasteiger partial charge in [-0.3, -0.25) is 9.59 Å². The molecule has 2 aliphatic rings. The molecule has 3 aromatic rings. The van der Waals surface area contributed by atoms with E-state index in [4.69, 9.17) is 9.73 Å². The third kappa shape index (κ3) is 5.20. The second kappa shape index (κ2) is 10.8. The van der Waals surface area contributed by atoms with Crippen molar-refractivity contribution in [2.24, 2.45) is 4.99 Å². The molecule has 2 aromatic heterocycles. The topological polar surface area (TPSA) is 72.7 Å². The quantitative estimate of drug-likeness (QED) is 0.327. The number of carbonyl (C=O) groups is 2. The summed E-state index contributed by atoms with van der Waals surface area (Å²) in [7, 11) is 0. The van der Waals surface area contributed by atoms with Crippen LogP contribution in [0.3, 0.4) is 0 Å². The highest BCUT2D eigenvalue weighted by atomic mass is 32.1. The van der Waals surface area contributed by atoms with Crippen LogP contribution < -0.4 is 5.32 Å². The van der Waals surface area contributed by atoms with E-state index < -0.39 is 0 Å². The number of nitrogens with zero attached hydrogens (tertiary/aromatic N) is 2. The summed E-state index contributed by atoms with van der Waals surface area (Å²) in [5, 5.41) is 5.14. The number of ether oxygens (including phenoxy) is 1. The monoisotopic (exact) mass is 491 g/mol. The summed E-state index contributed by atoms with van der Waals surface area (Å²) in [5.41, 5.74) is 3.87. The predicted molar refractivity (Wildman–Crippen MR) is 141 cm³/mol. The summed E-state index contributed by atoms with van der Waals surface area (Å²) >= 11 is 1.66. The maximum absolute atomic E-state index is 13.4. The van der Waals surface area contributed by atoms with Gasteiger partial charge in [0.2, 0.25) is 0 Å². The van der Waals surface area contributed by atoms with Crippen molar-refractivity contribution < 1.29 is 14.3 Å². The average molecular weight is 492 g/mol. The molecule has 1 N–H and O–H groups in total. The molecule has 1 aromatic carbocycles. The number of fused-ring (bicyclic) bond motifs is 2. The van der Waals surface area contributed by atoms with Gasteiger partial charge >= 0.3 is 5.97 Å². The Balaban J connectivity index is 1.46. The van der Waals surface area contributed by atoms with E-state index in [0.717, 1.165) is 59.1 Å². The highest BCUT2D eigenvalue weighted by Gasteiger charge is 2.27. The first-order valence-electron chi connectivity index (χ1n) is 12.9. The number of esters is 1. The summed E-state index contributed by atoms with van der Waals surface area (Å²) in [6.07, 6.45) is 13.8. The van der Waals surface area contributed by atoms with E-state index in [-0.39, 0.29) is 24.5 Å². The molecule has 0 saturated heterocycles. The molecular formula is C28H33N3O3S. The fourth-order valence-electron chi connectivity index (χ4n) is 5.36. The molecule has 1 fully saturated rings. The number of benzene rings is 1. The zero-order valence-electron chi connectivity index (χ0n) is 20.3. The maximum atomic E-state index is 13.4. The van der Waals surface area contributed by atoms with Crippen molar-refractivity contribution in [1.29, 1.82) is 0 Å². The van der Waals surface area contributed by atoms with Gasteiger partial charge in [0.1, 0.15) is 11.5 Å². The zero-order chi connectivity index (χ0) is 24.2. The molecule has 6 nitrogen and oxygen atoms in total. The van der Waals surface area contributed by atoms with E-state index in [9.17, 15) is 9.59 Å². The van der Waals surface area contributed by atoms with E-state index in [1.165, 1.54) is 36.1 Å². The number of thiophene rings is 1. The Morgan fingerprint density at radius 1 is 1.14 bits per heavy atom. The molecular weight excluding hydrogens is 458 g/mol. The van der Waals surface area contributed by atoms with Crippen LogP contribution in [0.1, 0.15) is 78.2 Å². The van der Waals surface area contributed by atoms with Crippen molar-refractivity contribution >= 4 is 45.3 Å². The Morgan fingerprint density at radius 3 is 2.77 bits per heavy atom. The number of carbonyl (C=O) groups excluding carboxylic acids is 2. The van der Waals surface area contributed by atoms with Crippen molar-refractivity contribution in [3.05, 3.63) is 52.0 Å². The van der Waals surface area contributed by atoms with Gasteiger partial charge in [0.05, 0.1) is 12.2 Å². The SMILES string of the molecule is CCOC(=O)Cn1cc(C=Nc2sc3c(c2C(=O)NC2CCCCC2)CCCC3)c2ccccc21. The number of para-hydroxylation sites is 1. The van der Waals surface area contributed by atoms with E-state index >= 15 is 0 Å². The molecule has 7 heteroatoms. The molecule has 1 amide bonds. The largest absolute Gasteiger partial charge is 0.465 e. The molecule has 2 aliphatic carbocycles. The summed E-state index contributed by atoms with van der Waals surface area (Å²) in [6, 6.07) is 8.26. The minimum absolute atomic E-state index is 0.0354. The second-order valence-electron chi connectivity index (χ2n) is 9.49. The van der Waals surface area contributed by atoms with Crippen LogP contribution in [0.2, 0.25) is 0 Å². The Labute approximate surface area is 210 Å². The first-order valence-corrected chi connectivity index (χ1v) is 13.7. The first-order chi connectivity index (χ1) is 17.1. The molecule has 1 saturated carbocycles. The van der Waals surface area contributed by atoms with Crippen molar-refractivity contribution in [3.8, 4) is 0 Å². The van der Waals surface area contributed by atoms with Crippen LogP contribution in [-0.2, 0) is 28.9 Å². The van der Waals surface area contributed by atoms with Crippen LogP contribution in [0.4, 0.5) is 5.00 Å². The first kappa shape index (κ1) is 23.8. The lowest BCUT2D eigenvalue weighted by Gasteiger charge is -2.23. The van der Waals surface area contributed by atoms with Gasteiger partial charge in [0.15, 0.2) is 0 Å². The molecule has 0 atom stereocenters. The third-order valence-corrected chi connectivity index (χ3v) is 8.27. The van der Waals surface area contributed by atoms with Crippen LogP contribution in [0, 0.1) is 0 Å². The van der Waals surface area contributed by atoms with E-state index in [0.29, 0.717) is 6.61 Å². The standard InChI is InChI=1S/C28H33N3O3S/c1-2-34-25(32)18-31-17-19(21-12-6-8-14-23(21)31)16-29-28-26(22-13-7-9-15-24(22)35-28)27(33)30-20-10-4-3-5-11-20/h6,8,12,14,16-17,20H,2-5,7,9-11,13,15,18H2,1H3,(H,30,33). The fourth-order valence-corrected chi connectivity index (χ4v) is 6.59. The molecule has 0 radical (unpaired) electrons. The lowest BCUT2D eigenvalue weighted by molar-refractivity contribution is -0.143. The fraction of sp³-hybridized carbons (Fsp3) is 0.464. The number of aromatic nitrogens is 1. The molecule has 0 aliphatic heterocycles. The minimum Gasteiger partial charge on any atom is -0.465 e. The van der Waals surface area contributed by atoms with Crippen LogP contribution >= 0.6 is 11.3 Å². The van der Waals surface area contributed by atoms with Crippen LogP contribution in [0.25, 0.3) is 10.9 Å². The molecule has 5 rings (SSSR count). The summed E-state index contributed by atoms with van der Waals surface area (Å²) < 4.78 is 7.06. The van der Waals surface area contributed by atoms with E-state index in [1.807, 2.05) is 48.2 Å². The van der Waals surface area contributed by atoms with Crippen LogP contribution in [-0.4, -0.2) is 35.3 Å². The number of nitrogens with one attached hydrogen (secondary N) is 1. The second-order valence-corrected chi connectivity index (χ2v) is 10.6. The third-order valence-electron chi connectivity index (χ3n) is 7.07. The summed E-state index contributed by atoms with van der Waals surface area (Å²) in [4.78, 5) is 31.7. The maximum Gasteiger partial charge on any atom is 0.325 e. The highest BCUT2D eigenvalue weighted by molar-refractivity contribution is 7.16. The Morgan fingerprint density at radius 2 is 1.94 bits per heavy atom. The van der Waals surface area contributed by atoms with E-state index in [1.54, 1.807) is 11.3 Å². The number of aliphatic imine (C=N–C) groups is 1. The van der Waals surface area contributed by atoms with Gasteiger partial charge in [-0.2, -0.15) is 0 Å². The van der Waals surface area contributed by atoms with Crippen LogP contribution in [0.5, 0.6) is 0 Å². The van der Waals surface area contributed by atoms with Crippen molar-refractivity contribution in [2.75, 3.05) is 6.61 Å². The van der Waals surface area contributed by atoms with Crippen molar-refractivity contribution in [2.45, 2.75) is 77.3 Å². The Bertz CT molecular complexity index is 1250. The summed E-state index contributed by atoms with van der Waals surface area (Å²) in [5.74, 6) is -0.225. The van der Waals surface area contributed by atoms with Gasteiger partial charge in [-0.1, -0.05) is 37.5 Å². The number of aryl methyl sites for hydroxylation is 1. The summed E-state index contributed by atoms with van der Waals surface area (Å²) in [6.45, 7) is 2.33. The minimum atomic E-state index is -0.260. The van der Waals surface area contributed by atoms with Gasteiger partial charge in [-0.25, -0.2) is 4.99 Å². The van der Waals surface area contributed by atoms with Crippen molar-refractivity contribution in [1.82, 2.24) is 9.88 Å². The van der Waals surface area contributed by atoms with Gasteiger partial charge in [0, 0.05) is 39.8 Å². The van der Waals surface area contributed by atoms with Gasteiger partial charge < -0.3 is 14.6 Å². The molecule has 184 valence electrons. The highest BCUT2D eigenvalue weighted by Crippen LogP contribution is 2.40. The Hall–Kier alpha value is -2.93. The van der Waals surface area contributed by atoms with E-state index in [2.05, 4.69) is 5.32 Å². The zero-order valence-corrected chi connectivity index (χ0v) is 21.2.